The van der Waals surface area contributed by atoms with E-state index in [9.17, 15) is 13.2 Å². The molecule has 2 atom stereocenters. The zero-order chi connectivity index (χ0) is 14.8. The maximum Gasteiger partial charge on any atom is 0.257 e. The third-order valence-corrected chi connectivity index (χ3v) is 4.25. The lowest BCUT2D eigenvalue weighted by Gasteiger charge is -2.17. The van der Waals surface area contributed by atoms with Crippen LogP contribution >= 0.6 is 0 Å². The van der Waals surface area contributed by atoms with Gasteiger partial charge in [-0.1, -0.05) is 13.3 Å². The smallest absolute Gasteiger partial charge is 0.257 e. The number of carbonyl (C=O) groups excluding carboxylic acids is 1. The Bertz CT molecular complexity index is 553. The van der Waals surface area contributed by atoms with Gasteiger partial charge >= 0.3 is 0 Å². The van der Waals surface area contributed by atoms with Crippen LogP contribution in [-0.4, -0.2) is 44.6 Å². The minimum absolute atomic E-state index is 0.113. The minimum Gasteiger partial charge on any atom is -0.472 e. The van der Waals surface area contributed by atoms with E-state index in [1.807, 2.05) is 0 Å². The highest BCUT2D eigenvalue weighted by Crippen LogP contribution is 2.24. The Labute approximate surface area is 119 Å². The van der Waals surface area contributed by atoms with Crippen LogP contribution in [0.2, 0.25) is 0 Å². The number of furan rings is 1. The Morgan fingerprint density at radius 2 is 2.25 bits per heavy atom. The van der Waals surface area contributed by atoms with Gasteiger partial charge in [-0.15, -0.1) is 0 Å². The van der Waals surface area contributed by atoms with E-state index in [4.69, 9.17) is 4.42 Å². The first-order chi connectivity index (χ1) is 9.40. The number of amides is 1. The summed E-state index contributed by atoms with van der Waals surface area (Å²) < 4.78 is 30.4. The molecule has 20 heavy (non-hydrogen) atoms. The molecule has 0 aliphatic carbocycles. The van der Waals surface area contributed by atoms with Crippen molar-refractivity contribution in [1.82, 2.24) is 9.62 Å². The maximum atomic E-state index is 12.3. The van der Waals surface area contributed by atoms with Crippen LogP contribution in [-0.2, 0) is 10.0 Å². The Balaban J connectivity index is 2.09. The molecule has 0 spiro atoms. The molecule has 1 aromatic rings. The molecule has 2 rings (SSSR count). The van der Waals surface area contributed by atoms with Crippen molar-refractivity contribution in [3.8, 4) is 0 Å². The third kappa shape index (κ3) is 3.61. The van der Waals surface area contributed by atoms with Crippen LogP contribution < -0.4 is 4.72 Å². The number of rotatable bonds is 5. The van der Waals surface area contributed by atoms with Crippen LogP contribution in [0.4, 0.5) is 0 Å². The topological polar surface area (TPSA) is 79.6 Å². The van der Waals surface area contributed by atoms with E-state index in [0.717, 1.165) is 19.1 Å². The number of likely N-dealkylation sites (tertiary alicyclic amines) is 1. The van der Waals surface area contributed by atoms with E-state index in [1.165, 1.54) is 12.5 Å². The average Bonchev–Trinajstić information content (AvgIpc) is 2.97. The first-order valence-corrected chi connectivity index (χ1v) is 8.58. The van der Waals surface area contributed by atoms with E-state index in [0.29, 0.717) is 18.7 Å². The molecule has 1 aliphatic rings. The van der Waals surface area contributed by atoms with Gasteiger partial charge in [0, 0.05) is 19.1 Å². The van der Waals surface area contributed by atoms with Crippen molar-refractivity contribution >= 4 is 15.9 Å². The molecule has 1 aliphatic heterocycles. The molecule has 0 aromatic carbocycles. The standard InChI is InChI=1S/C13H20N2O4S/c1-3-4-10-7-15(8-12(10)14-20(2,17)18)13(16)11-5-6-19-9-11/h5-6,9-10,12,14H,3-4,7-8H2,1-2H3/t10-,12-/m0/s1. The minimum atomic E-state index is -3.27. The highest BCUT2D eigenvalue weighted by molar-refractivity contribution is 7.88. The summed E-state index contributed by atoms with van der Waals surface area (Å²) in [4.78, 5) is 13.9. The van der Waals surface area contributed by atoms with Gasteiger partial charge in [0.15, 0.2) is 0 Å². The van der Waals surface area contributed by atoms with Gasteiger partial charge in [-0.3, -0.25) is 4.79 Å². The van der Waals surface area contributed by atoms with Crippen LogP contribution in [0.1, 0.15) is 30.1 Å². The molecule has 1 saturated heterocycles. The van der Waals surface area contributed by atoms with Crippen molar-refractivity contribution in [2.45, 2.75) is 25.8 Å². The fourth-order valence-corrected chi connectivity index (χ4v) is 3.49. The second-order valence-electron chi connectivity index (χ2n) is 5.27. The number of carbonyl (C=O) groups is 1. The first-order valence-electron chi connectivity index (χ1n) is 6.69. The van der Waals surface area contributed by atoms with Crippen molar-refractivity contribution in [3.05, 3.63) is 24.2 Å². The third-order valence-electron chi connectivity index (χ3n) is 3.52. The summed E-state index contributed by atoms with van der Waals surface area (Å²) in [7, 11) is -3.27. The number of nitrogens with one attached hydrogen (secondary N) is 1. The summed E-state index contributed by atoms with van der Waals surface area (Å²) in [5.41, 5.74) is 0.500. The summed E-state index contributed by atoms with van der Waals surface area (Å²) in [5.74, 6) is 0.0447. The first kappa shape index (κ1) is 15.1. The molecule has 1 aromatic heterocycles. The summed E-state index contributed by atoms with van der Waals surface area (Å²) in [6, 6.07) is 1.41. The molecule has 1 fully saturated rings. The van der Waals surface area contributed by atoms with Crippen LogP contribution in [0.5, 0.6) is 0 Å². The Morgan fingerprint density at radius 1 is 1.50 bits per heavy atom. The Hall–Kier alpha value is -1.34. The average molecular weight is 300 g/mol. The van der Waals surface area contributed by atoms with Crippen molar-refractivity contribution in [2.24, 2.45) is 5.92 Å². The summed E-state index contributed by atoms with van der Waals surface area (Å²) in [5, 5.41) is 0. The largest absolute Gasteiger partial charge is 0.472 e. The van der Waals surface area contributed by atoms with Gasteiger partial charge in [-0.2, -0.15) is 0 Å². The van der Waals surface area contributed by atoms with Gasteiger partial charge in [0.2, 0.25) is 10.0 Å². The van der Waals surface area contributed by atoms with E-state index in [2.05, 4.69) is 11.6 Å². The van der Waals surface area contributed by atoms with Gasteiger partial charge < -0.3 is 9.32 Å². The molecular weight excluding hydrogens is 280 g/mol. The van der Waals surface area contributed by atoms with E-state index >= 15 is 0 Å². The van der Waals surface area contributed by atoms with Gasteiger partial charge in [0.05, 0.1) is 18.1 Å². The summed E-state index contributed by atoms with van der Waals surface area (Å²) in [6.07, 6.45) is 5.87. The van der Waals surface area contributed by atoms with E-state index in [1.54, 1.807) is 11.0 Å². The molecule has 7 heteroatoms. The molecule has 1 N–H and O–H groups in total. The predicted molar refractivity (Wildman–Crippen MR) is 74.8 cm³/mol. The highest BCUT2D eigenvalue weighted by atomic mass is 32.2. The molecule has 1 amide bonds. The summed E-state index contributed by atoms with van der Waals surface area (Å²) >= 11 is 0. The molecule has 2 heterocycles. The molecule has 0 radical (unpaired) electrons. The molecule has 112 valence electrons. The molecule has 6 nitrogen and oxygen atoms in total. The summed E-state index contributed by atoms with van der Waals surface area (Å²) in [6.45, 7) is 3.03. The van der Waals surface area contributed by atoms with Crippen molar-refractivity contribution in [3.63, 3.8) is 0 Å². The van der Waals surface area contributed by atoms with Crippen molar-refractivity contribution in [1.29, 1.82) is 0 Å². The number of hydrogen-bond donors (Lipinski definition) is 1. The van der Waals surface area contributed by atoms with E-state index < -0.39 is 10.0 Å². The second kappa shape index (κ2) is 5.97. The number of sulfonamides is 1. The lowest BCUT2D eigenvalue weighted by molar-refractivity contribution is 0.0784. The zero-order valence-corrected chi connectivity index (χ0v) is 12.5. The monoisotopic (exact) mass is 300 g/mol. The normalized spacial score (nSPS) is 23.2. The highest BCUT2D eigenvalue weighted by Gasteiger charge is 2.36. The van der Waals surface area contributed by atoms with Crippen molar-refractivity contribution in [2.75, 3.05) is 19.3 Å². The van der Waals surface area contributed by atoms with Crippen LogP contribution in [0.15, 0.2) is 23.0 Å². The van der Waals surface area contributed by atoms with Gasteiger partial charge in [-0.25, -0.2) is 13.1 Å². The Morgan fingerprint density at radius 3 is 2.80 bits per heavy atom. The molecule has 0 bridgehead atoms. The Kier molecular flexibility index (Phi) is 4.49. The van der Waals surface area contributed by atoms with Crippen LogP contribution in [0, 0.1) is 5.92 Å². The second-order valence-corrected chi connectivity index (χ2v) is 7.05. The van der Waals surface area contributed by atoms with E-state index in [-0.39, 0.29) is 17.9 Å². The lowest BCUT2D eigenvalue weighted by atomic mass is 9.99. The maximum absolute atomic E-state index is 12.3. The van der Waals surface area contributed by atoms with Crippen molar-refractivity contribution < 1.29 is 17.6 Å². The SMILES string of the molecule is CCC[C@H]1CN(C(=O)c2ccoc2)C[C@@H]1NS(C)(=O)=O. The molecular formula is C13H20N2O4S. The quantitative estimate of drug-likeness (QED) is 0.882. The molecule has 0 saturated carbocycles. The number of hydrogen-bond acceptors (Lipinski definition) is 4. The van der Waals surface area contributed by atoms with Gasteiger partial charge in [0.25, 0.3) is 5.91 Å². The van der Waals surface area contributed by atoms with Crippen LogP contribution in [0.3, 0.4) is 0 Å². The predicted octanol–water partition coefficient (Wildman–Crippen LogP) is 1.07. The van der Waals surface area contributed by atoms with Gasteiger partial charge in [0.1, 0.15) is 6.26 Å². The number of nitrogens with zero attached hydrogens (tertiary/aromatic N) is 1. The van der Waals surface area contributed by atoms with Crippen LogP contribution in [0.25, 0.3) is 0 Å². The lowest BCUT2D eigenvalue weighted by Crippen LogP contribution is -2.40. The molecule has 0 unspecified atom stereocenters. The fraction of sp³-hybridized carbons (Fsp3) is 0.615. The fourth-order valence-electron chi connectivity index (χ4n) is 2.68. The van der Waals surface area contributed by atoms with Gasteiger partial charge in [-0.05, 0) is 18.4 Å². The zero-order valence-electron chi connectivity index (χ0n) is 11.7.